The number of benzene rings is 1. The lowest BCUT2D eigenvalue weighted by Crippen LogP contribution is -2.46. The molecular weight excluding hydrogens is 302 g/mol. The lowest BCUT2D eigenvalue weighted by molar-refractivity contribution is 0.0505. The lowest BCUT2D eigenvalue weighted by Gasteiger charge is -2.37. The van der Waals surface area contributed by atoms with E-state index in [0.717, 1.165) is 38.8 Å². The summed E-state index contributed by atoms with van der Waals surface area (Å²) in [5.74, 6) is -0.222. The first-order valence-electron chi connectivity index (χ1n) is 8.81. The van der Waals surface area contributed by atoms with Gasteiger partial charge in [-0.15, -0.1) is 0 Å². The summed E-state index contributed by atoms with van der Waals surface area (Å²) in [7, 11) is 6.36. The monoisotopic (exact) mass is 329 g/mol. The summed E-state index contributed by atoms with van der Waals surface area (Å²) in [6.45, 7) is 2.10. The molecule has 1 heterocycles. The Hall–Kier alpha value is -1.72. The number of nitrogens with zero attached hydrogens (tertiary/aromatic N) is 3. The number of likely N-dealkylation sites (N-methyl/N-ethyl adjacent to an activating group) is 2. The molecule has 0 bridgehead atoms. The average molecular weight is 329 g/mol. The molecule has 1 saturated carbocycles. The van der Waals surface area contributed by atoms with Gasteiger partial charge in [0.25, 0.3) is 11.8 Å². The zero-order chi connectivity index (χ0) is 17.3. The molecule has 2 amide bonds. The zero-order valence-corrected chi connectivity index (χ0v) is 14.9. The molecule has 0 saturated heterocycles. The fraction of sp³-hybridized carbons (Fsp3) is 0.579. The number of fused-ring (bicyclic) bond motifs is 1. The third-order valence-electron chi connectivity index (χ3n) is 5.38. The van der Waals surface area contributed by atoms with Crippen LogP contribution in [0.2, 0.25) is 0 Å². The molecule has 0 atom stereocenters. The van der Waals surface area contributed by atoms with Crippen LogP contribution in [0.4, 0.5) is 0 Å². The molecule has 0 radical (unpaired) electrons. The van der Waals surface area contributed by atoms with E-state index in [1.165, 1.54) is 4.90 Å². The van der Waals surface area contributed by atoms with Gasteiger partial charge in [-0.2, -0.15) is 0 Å². The van der Waals surface area contributed by atoms with Crippen LogP contribution in [0, 0.1) is 0 Å². The molecule has 3 rings (SSSR count). The van der Waals surface area contributed by atoms with Crippen molar-refractivity contribution in [2.24, 2.45) is 0 Å². The highest BCUT2D eigenvalue weighted by Gasteiger charge is 2.41. The Morgan fingerprint density at radius 1 is 0.917 bits per heavy atom. The highest BCUT2D eigenvalue weighted by Crippen LogP contribution is 2.32. The van der Waals surface area contributed by atoms with E-state index in [1.54, 1.807) is 12.1 Å². The lowest BCUT2D eigenvalue weighted by atomic mass is 9.89. The van der Waals surface area contributed by atoms with Crippen LogP contribution in [0.5, 0.6) is 0 Å². The van der Waals surface area contributed by atoms with E-state index >= 15 is 0 Å². The van der Waals surface area contributed by atoms with Gasteiger partial charge in [0.15, 0.2) is 0 Å². The van der Waals surface area contributed by atoms with E-state index in [9.17, 15) is 9.59 Å². The number of rotatable bonds is 5. The van der Waals surface area contributed by atoms with Crippen molar-refractivity contribution in [1.82, 2.24) is 14.7 Å². The third-order valence-corrected chi connectivity index (χ3v) is 5.38. The van der Waals surface area contributed by atoms with Crippen LogP contribution in [0.25, 0.3) is 0 Å². The Kier molecular flexibility index (Phi) is 5.01. The van der Waals surface area contributed by atoms with Crippen molar-refractivity contribution in [2.45, 2.75) is 37.8 Å². The van der Waals surface area contributed by atoms with Crippen LogP contribution in [0.15, 0.2) is 24.3 Å². The van der Waals surface area contributed by atoms with Gasteiger partial charge in [0, 0.05) is 25.2 Å². The van der Waals surface area contributed by atoms with Crippen molar-refractivity contribution in [2.75, 3.05) is 34.2 Å². The summed E-state index contributed by atoms with van der Waals surface area (Å²) in [6.07, 6.45) is 3.90. The Balaban J connectivity index is 1.60. The maximum absolute atomic E-state index is 12.6. The largest absolute Gasteiger partial charge is 0.308 e. The molecule has 1 aromatic carbocycles. The highest BCUT2D eigenvalue weighted by atomic mass is 16.2. The summed E-state index contributed by atoms with van der Waals surface area (Å²) in [4.78, 5) is 31.3. The summed E-state index contributed by atoms with van der Waals surface area (Å²) in [5.41, 5.74) is 1.13. The van der Waals surface area contributed by atoms with Crippen molar-refractivity contribution in [3.8, 4) is 0 Å². The summed E-state index contributed by atoms with van der Waals surface area (Å²) < 4.78 is 0. The second-order valence-corrected chi connectivity index (χ2v) is 7.27. The summed E-state index contributed by atoms with van der Waals surface area (Å²) >= 11 is 0. The zero-order valence-electron chi connectivity index (χ0n) is 14.9. The molecule has 24 heavy (non-hydrogen) atoms. The fourth-order valence-electron chi connectivity index (χ4n) is 3.84. The SMILES string of the molecule is CN(C)CCN(C)[C@H]1CC[C@@H](N2C(=O)c3ccccc3C2=O)CC1. The van der Waals surface area contributed by atoms with E-state index < -0.39 is 0 Å². The van der Waals surface area contributed by atoms with Gasteiger partial charge in [-0.25, -0.2) is 0 Å². The van der Waals surface area contributed by atoms with Crippen LogP contribution in [-0.2, 0) is 0 Å². The second kappa shape index (κ2) is 7.03. The maximum Gasteiger partial charge on any atom is 0.261 e. The third kappa shape index (κ3) is 3.23. The molecule has 0 N–H and O–H groups in total. The van der Waals surface area contributed by atoms with Gasteiger partial charge in [0.05, 0.1) is 11.1 Å². The first-order chi connectivity index (χ1) is 11.5. The minimum absolute atomic E-state index is 0.0518. The smallest absolute Gasteiger partial charge is 0.261 e. The molecule has 1 fully saturated rings. The van der Waals surface area contributed by atoms with Gasteiger partial charge in [-0.1, -0.05) is 12.1 Å². The fourth-order valence-corrected chi connectivity index (χ4v) is 3.84. The van der Waals surface area contributed by atoms with Crippen molar-refractivity contribution in [3.63, 3.8) is 0 Å². The van der Waals surface area contributed by atoms with E-state index in [2.05, 4.69) is 30.9 Å². The number of imide groups is 1. The average Bonchev–Trinajstić information content (AvgIpc) is 2.84. The van der Waals surface area contributed by atoms with Crippen molar-refractivity contribution in [1.29, 1.82) is 0 Å². The van der Waals surface area contributed by atoms with E-state index in [1.807, 2.05) is 12.1 Å². The van der Waals surface area contributed by atoms with E-state index in [0.29, 0.717) is 17.2 Å². The van der Waals surface area contributed by atoms with Gasteiger partial charge < -0.3 is 9.80 Å². The number of hydrogen-bond donors (Lipinski definition) is 0. The molecule has 1 aliphatic carbocycles. The molecular formula is C19H27N3O2. The quantitative estimate of drug-likeness (QED) is 0.776. The first-order valence-corrected chi connectivity index (χ1v) is 8.81. The number of amides is 2. The molecule has 0 unspecified atom stereocenters. The van der Waals surface area contributed by atoms with Crippen molar-refractivity contribution < 1.29 is 9.59 Å². The minimum Gasteiger partial charge on any atom is -0.308 e. The molecule has 0 aromatic heterocycles. The Labute approximate surface area is 144 Å². The van der Waals surface area contributed by atoms with Gasteiger partial charge in [-0.05, 0) is 59.0 Å². The Morgan fingerprint density at radius 3 is 1.96 bits per heavy atom. The number of carbonyl (C=O) groups is 2. The van der Waals surface area contributed by atoms with Gasteiger partial charge in [0.2, 0.25) is 0 Å². The van der Waals surface area contributed by atoms with E-state index in [4.69, 9.17) is 0 Å². The van der Waals surface area contributed by atoms with Crippen LogP contribution >= 0.6 is 0 Å². The van der Waals surface area contributed by atoms with Crippen LogP contribution in [0.3, 0.4) is 0 Å². The summed E-state index contributed by atoms with van der Waals surface area (Å²) in [6, 6.07) is 7.77. The topological polar surface area (TPSA) is 43.9 Å². The predicted octanol–water partition coefficient (Wildman–Crippen LogP) is 2.09. The molecule has 0 spiro atoms. The van der Waals surface area contributed by atoms with Crippen LogP contribution in [0.1, 0.15) is 46.4 Å². The first kappa shape index (κ1) is 17.1. The van der Waals surface area contributed by atoms with Crippen molar-refractivity contribution in [3.05, 3.63) is 35.4 Å². The number of hydrogen-bond acceptors (Lipinski definition) is 4. The Morgan fingerprint density at radius 2 is 1.46 bits per heavy atom. The molecule has 5 heteroatoms. The second-order valence-electron chi connectivity index (χ2n) is 7.27. The van der Waals surface area contributed by atoms with E-state index in [-0.39, 0.29) is 17.9 Å². The molecule has 130 valence electrons. The standard InChI is InChI=1S/C19H27N3O2/c1-20(2)12-13-21(3)14-8-10-15(11-9-14)22-18(23)16-6-4-5-7-17(16)19(22)24/h4-7,14-15H,8-13H2,1-3H3/t14-,15+. The normalized spacial score (nSPS) is 24.1. The van der Waals surface area contributed by atoms with Crippen molar-refractivity contribution >= 4 is 11.8 Å². The van der Waals surface area contributed by atoms with Crippen LogP contribution in [-0.4, -0.2) is 72.8 Å². The van der Waals surface area contributed by atoms with Gasteiger partial charge in [-0.3, -0.25) is 14.5 Å². The predicted molar refractivity (Wildman–Crippen MR) is 94.2 cm³/mol. The highest BCUT2D eigenvalue weighted by molar-refractivity contribution is 6.21. The molecule has 5 nitrogen and oxygen atoms in total. The molecule has 1 aromatic rings. The molecule has 1 aliphatic heterocycles. The Bertz CT molecular complexity index is 586. The maximum atomic E-state index is 12.6. The molecule has 2 aliphatic rings. The number of carbonyl (C=O) groups excluding carboxylic acids is 2. The van der Waals surface area contributed by atoms with Crippen LogP contribution < -0.4 is 0 Å². The summed E-state index contributed by atoms with van der Waals surface area (Å²) in [5, 5.41) is 0. The van der Waals surface area contributed by atoms with Gasteiger partial charge >= 0.3 is 0 Å². The van der Waals surface area contributed by atoms with Gasteiger partial charge in [0.1, 0.15) is 0 Å². The minimum atomic E-state index is -0.111.